The molecule has 0 aliphatic carbocycles. The van der Waals surface area contributed by atoms with Crippen LogP contribution in [-0.2, 0) is 13.6 Å². The molecule has 0 bridgehead atoms. The Labute approximate surface area is 158 Å². The van der Waals surface area contributed by atoms with Crippen LogP contribution in [0, 0.1) is 0 Å². The molecular weight excluding hydrogens is 356 g/mol. The van der Waals surface area contributed by atoms with E-state index in [2.05, 4.69) is 25.5 Å². The molecule has 0 aliphatic rings. The average molecular weight is 372 g/mol. The number of rotatable bonds is 3. The lowest BCUT2D eigenvalue weighted by atomic mass is 10.1. The summed E-state index contributed by atoms with van der Waals surface area (Å²) in [4.78, 5) is 17.3. The monoisotopic (exact) mass is 372 g/mol. The number of nitrogens with two attached hydrogens (primary N) is 1. The number of pyridine rings is 1. The molecule has 0 saturated heterocycles. The Bertz CT molecular complexity index is 1350. The van der Waals surface area contributed by atoms with Gasteiger partial charge in [-0.15, -0.1) is 5.10 Å². The molecule has 0 unspecified atom stereocenters. The van der Waals surface area contributed by atoms with E-state index in [-0.39, 0.29) is 12.5 Å². The fraction of sp³-hybridized carbons (Fsp3) is 0.105. The highest BCUT2D eigenvalue weighted by Gasteiger charge is 2.17. The molecule has 3 heterocycles. The number of H-pyrrole nitrogens is 1. The van der Waals surface area contributed by atoms with Crippen LogP contribution in [0.25, 0.3) is 32.8 Å². The molecule has 5 rings (SSSR count). The third-order valence-electron chi connectivity index (χ3n) is 4.85. The summed E-state index contributed by atoms with van der Waals surface area (Å²) >= 11 is 0. The van der Waals surface area contributed by atoms with E-state index in [9.17, 15) is 4.79 Å². The minimum atomic E-state index is -0.292. The highest BCUT2D eigenvalue weighted by Crippen LogP contribution is 2.23. The maximum atomic E-state index is 12.9. The van der Waals surface area contributed by atoms with Gasteiger partial charge in [-0.05, 0) is 24.3 Å². The summed E-state index contributed by atoms with van der Waals surface area (Å²) in [6.45, 7) is 0.222. The minimum absolute atomic E-state index is 0.222. The van der Waals surface area contributed by atoms with Crippen LogP contribution in [0.5, 0.6) is 0 Å². The van der Waals surface area contributed by atoms with E-state index in [1.807, 2.05) is 25.2 Å². The number of nitrogens with one attached hydrogen (secondary N) is 1. The van der Waals surface area contributed by atoms with Crippen molar-refractivity contribution in [3.05, 3.63) is 59.9 Å². The van der Waals surface area contributed by atoms with E-state index in [0.717, 1.165) is 38.4 Å². The molecule has 0 radical (unpaired) electrons. The normalized spacial score (nSPS) is 11.5. The number of hydrogen-bond acceptors (Lipinski definition) is 6. The Morgan fingerprint density at radius 1 is 1.25 bits per heavy atom. The number of amides is 1. The van der Waals surface area contributed by atoms with Crippen molar-refractivity contribution in [2.45, 2.75) is 6.54 Å². The molecule has 5 aromatic rings. The number of fused-ring (bicyclic) bond motifs is 4. The molecule has 9 heteroatoms. The summed E-state index contributed by atoms with van der Waals surface area (Å²) in [5.74, 6) is 5.82. The van der Waals surface area contributed by atoms with Crippen LogP contribution in [-0.4, -0.2) is 41.1 Å². The van der Waals surface area contributed by atoms with Crippen LogP contribution in [0.15, 0.2) is 48.8 Å². The number of hydrazine groups is 1. The van der Waals surface area contributed by atoms with Crippen molar-refractivity contribution in [1.29, 1.82) is 0 Å². The van der Waals surface area contributed by atoms with Crippen LogP contribution < -0.4 is 5.84 Å². The fourth-order valence-corrected chi connectivity index (χ4v) is 3.39. The first-order valence-corrected chi connectivity index (χ1v) is 8.67. The molecule has 9 nitrogen and oxygen atoms in total. The fourth-order valence-electron chi connectivity index (χ4n) is 3.39. The standard InChI is InChI=1S/C19H16N8O/c1-26-16-4-2-3-12(18(16)24-25-26)10-27(20)19(28)11-5-6-15-14(7-11)17-13(8-21-15)9-22-23-17/h2-9H,10,20H2,1H3,(H,22,23). The van der Waals surface area contributed by atoms with Gasteiger partial charge < -0.3 is 0 Å². The van der Waals surface area contributed by atoms with Gasteiger partial charge in [0.1, 0.15) is 5.52 Å². The van der Waals surface area contributed by atoms with E-state index >= 15 is 0 Å². The third-order valence-corrected chi connectivity index (χ3v) is 4.85. The predicted octanol–water partition coefficient (Wildman–Crippen LogP) is 1.91. The Kier molecular flexibility index (Phi) is 3.56. The molecule has 0 fully saturated rings. The first-order chi connectivity index (χ1) is 13.6. The summed E-state index contributed by atoms with van der Waals surface area (Å²) in [7, 11) is 1.82. The lowest BCUT2D eigenvalue weighted by molar-refractivity contribution is 0.0744. The molecule has 3 aromatic heterocycles. The Morgan fingerprint density at radius 2 is 2.14 bits per heavy atom. The van der Waals surface area contributed by atoms with E-state index in [0.29, 0.717) is 5.56 Å². The average Bonchev–Trinajstić information content (AvgIpc) is 3.34. The van der Waals surface area contributed by atoms with Gasteiger partial charge in [-0.25, -0.2) is 10.5 Å². The topological polar surface area (TPSA) is 119 Å². The van der Waals surface area contributed by atoms with E-state index in [1.54, 1.807) is 35.3 Å². The second-order valence-electron chi connectivity index (χ2n) is 6.62. The number of carbonyl (C=O) groups is 1. The van der Waals surface area contributed by atoms with Gasteiger partial charge in [0.05, 0.1) is 29.3 Å². The van der Waals surface area contributed by atoms with E-state index in [1.165, 1.54) is 5.01 Å². The lowest BCUT2D eigenvalue weighted by Gasteiger charge is -2.17. The first-order valence-electron chi connectivity index (χ1n) is 8.67. The number of benzene rings is 2. The van der Waals surface area contributed by atoms with Crippen LogP contribution in [0.3, 0.4) is 0 Å². The maximum absolute atomic E-state index is 12.9. The maximum Gasteiger partial charge on any atom is 0.268 e. The van der Waals surface area contributed by atoms with Crippen molar-refractivity contribution >= 4 is 38.7 Å². The van der Waals surface area contributed by atoms with Crippen LogP contribution >= 0.6 is 0 Å². The van der Waals surface area contributed by atoms with Crippen molar-refractivity contribution in [3.8, 4) is 0 Å². The Hall–Kier alpha value is -3.85. The van der Waals surface area contributed by atoms with Crippen LogP contribution in [0.4, 0.5) is 0 Å². The van der Waals surface area contributed by atoms with Gasteiger partial charge in [-0.1, -0.05) is 17.3 Å². The zero-order valence-electron chi connectivity index (χ0n) is 15.0. The van der Waals surface area contributed by atoms with E-state index in [4.69, 9.17) is 5.84 Å². The smallest absolute Gasteiger partial charge is 0.268 e. The highest BCUT2D eigenvalue weighted by atomic mass is 16.2. The molecular formula is C19H16N8O. The second kappa shape index (κ2) is 6.10. The number of aromatic nitrogens is 6. The second-order valence-corrected chi connectivity index (χ2v) is 6.62. The number of nitrogens with zero attached hydrogens (tertiary/aromatic N) is 6. The summed E-state index contributed by atoms with van der Waals surface area (Å²) in [6, 6.07) is 11.0. The van der Waals surface area contributed by atoms with E-state index < -0.39 is 0 Å². The van der Waals surface area contributed by atoms with Crippen molar-refractivity contribution in [2.75, 3.05) is 0 Å². The van der Waals surface area contributed by atoms with Crippen LogP contribution in [0.2, 0.25) is 0 Å². The Balaban J connectivity index is 1.49. The lowest BCUT2D eigenvalue weighted by Crippen LogP contribution is -2.36. The summed E-state index contributed by atoms with van der Waals surface area (Å²) in [6.07, 6.45) is 3.45. The zero-order valence-corrected chi connectivity index (χ0v) is 15.0. The molecule has 2 aromatic carbocycles. The Morgan fingerprint density at radius 3 is 3.04 bits per heavy atom. The van der Waals surface area contributed by atoms with Gasteiger partial charge in [0.15, 0.2) is 0 Å². The molecule has 0 spiro atoms. The predicted molar refractivity (Wildman–Crippen MR) is 104 cm³/mol. The summed E-state index contributed by atoms with van der Waals surface area (Å²) < 4.78 is 1.69. The number of hydrogen-bond donors (Lipinski definition) is 2. The van der Waals surface area contributed by atoms with Crippen molar-refractivity contribution in [1.82, 2.24) is 35.2 Å². The minimum Gasteiger partial charge on any atom is -0.277 e. The van der Waals surface area contributed by atoms with Gasteiger partial charge in [0.25, 0.3) is 5.91 Å². The zero-order chi connectivity index (χ0) is 19.3. The van der Waals surface area contributed by atoms with Crippen LogP contribution in [0.1, 0.15) is 15.9 Å². The van der Waals surface area contributed by atoms with Gasteiger partial charge in [0, 0.05) is 35.1 Å². The first kappa shape index (κ1) is 16.3. The number of aryl methyl sites for hydroxylation is 1. The molecule has 0 aliphatic heterocycles. The van der Waals surface area contributed by atoms with Crippen molar-refractivity contribution < 1.29 is 4.79 Å². The van der Waals surface area contributed by atoms with Crippen molar-refractivity contribution in [3.63, 3.8) is 0 Å². The van der Waals surface area contributed by atoms with Gasteiger partial charge in [-0.2, -0.15) is 5.10 Å². The summed E-state index contributed by atoms with van der Waals surface area (Å²) in [5.41, 5.74) is 4.55. The van der Waals surface area contributed by atoms with Gasteiger partial charge >= 0.3 is 0 Å². The van der Waals surface area contributed by atoms with Crippen molar-refractivity contribution in [2.24, 2.45) is 12.9 Å². The van der Waals surface area contributed by atoms with Gasteiger partial charge in [-0.3, -0.25) is 19.9 Å². The molecule has 3 N–H and O–H groups in total. The highest BCUT2D eigenvalue weighted by molar-refractivity contribution is 6.06. The third kappa shape index (κ3) is 2.48. The van der Waals surface area contributed by atoms with Gasteiger partial charge in [0.2, 0.25) is 0 Å². The molecule has 0 atom stereocenters. The molecule has 0 saturated carbocycles. The molecule has 28 heavy (non-hydrogen) atoms. The SMILES string of the molecule is Cn1nnc2c(CN(N)C(=O)c3ccc4ncc5cn[nH]c5c4c3)cccc21. The largest absolute Gasteiger partial charge is 0.277 e. The molecule has 1 amide bonds. The summed E-state index contributed by atoms with van der Waals surface area (Å²) in [5, 5.41) is 18.1. The molecule has 138 valence electrons. The number of aromatic amines is 1. The quantitative estimate of drug-likeness (QED) is 0.284. The number of carbonyl (C=O) groups excluding carboxylic acids is 1.